The minimum atomic E-state index is -1.39. The number of nitrogens with zero attached hydrogens (tertiary/aromatic N) is 1. The van der Waals surface area contributed by atoms with Gasteiger partial charge in [-0.05, 0) is 42.2 Å². The largest absolute Gasteiger partial charge is 0.508 e. The Morgan fingerprint density at radius 2 is 1.64 bits per heavy atom. The van der Waals surface area contributed by atoms with E-state index in [0.29, 0.717) is 29.1 Å². The Kier molecular flexibility index (Phi) is 5.35. The highest BCUT2D eigenvalue weighted by molar-refractivity contribution is 6.35. The number of nitrogens with one attached hydrogen (secondary N) is 2. The van der Waals surface area contributed by atoms with Crippen molar-refractivity contribution in [3.05, 3.63) is 94.5 Å². The number of amides is 3. The summed E-state index contributed by atoms with van der Waals surface area (Å²) in [5.74, 6) is -2.44. The van der Waals surface area contributed by atoms with Crippen LogP contribution in [0.5, 0.6) is 5.75 Å². The van der Waals surface area contributed by atoms with Crippen molar-refractivity contribution in [2.45, 2.75) is 24.4 Å². The lowest BCUT2D eigenvalue weighted by atomic mass is 9.76. The zero-order valence-electron chi connectivity index (χ0n) is 19.3. The van der Waals surface area contributed by atoms with Gasteiger partial charge in [0.15, 0.2) is 0 Å². The lowest BCUT2D eigenvalue weighted by Gasteiger charge is -2.29. The Balaban J connectivity index is 1.40. The number of hydrogen-bond donors (Lipinski definition) is 3. The Hall–Kier alpha value is -3.68. The summed E-state index contributed by atoms with van der Waals surface area (Å²) in [4.78, 5) is 42.6. The molecule has 0 saturated carbocycles. The van der Waals surface area contributed by atoms with Gasteiger partial charge in [0, 0.05) is 18.2 Å². The van der Waals surface area contributed by atoms with E-state index in [-0.39, 0.29) is 30.0 Å². The second-order valence-electron chi connectivity index (χ2n) is 9.61. The molecule has 3 aliphatic rings. The maximum absolute atomic E-state index is 13.9. The van der Waals surface area contributed by atoms with Gasteiger partial charge < -0.3 is 10.4 Å². The molecule has 36 heavy (non-hydrogen) atoms. The van der Waals surface area contributed by atoms with Gasteiger partial charge in [-0.3, -0.25) is 24.6 Å². The monoisotopic (exact) mass is 501 g/mol. The number of fused-ring (bicyclic) bond motifs is 4. The normalized spacial score (nSPS) is 26.4. The number of benzene rings is 3. The second-order valence-corrected chi connectivity index (χ2v) is 10.0. The lowest BCUT2D eigenvalue weighted by molar-refractivity contribution is -0.142. The molecule has 3 aromatic rings. The van der Waals surface area contributed by atoms with Crippen molar-refractivity contribution in [1.29, 1.82) is 0 Å². The first-order valence-electron chi connectivity index (χ1n) is 12.0. The van der Waals surface area contributed by atoms with Crippen LogP contribution in [0.25, 0.3) is 0 Å². The summed E-state index contributed by atoms with van der Waals surface area (Å²) >= 11 is 6.40. The molecule has 2 fully saturated rings. The molecule has 3 amide bonds. The molecule has 182 valence electrons. The number of anilines is 1. The number of phenolic OH excluding ortho intramolecular Hbond substituents is 1. The van der Waals surface area contributed by atoms with Crippen molar-refractivity contribution in [3.63, 3.8) is 0 Å². The summed E-state index contributed by atoms with van der Waals surface area (Å²) in [6.45, 7) is 0.251. The van der Waals surface area contributed by atoms with Gasteiger partial charge in [0.05, 0.1) is 22.5 Å². The highest BCUT2D eigenvalue weighted by Crippen LogP contribution is 2.54. The van der Waals surface area contributed by atoms with Crippen LogP contribution in [0, 0.1) is 11.8 Å². The number of likely N-dealkylation sites (tertiary alicyclic amines) is 1. The molecular formula is C28H24ClN3O4. The van der Waals surface area contributed by atoms with Gasteiger partial charge in [0.1, 0.15) is 11.3 Å². The maximum atomic E-state index is 13.9. The molecule has 0 bridgehead atoms. The van der Waals surface area contributed by atoms with Crippen molar-refractivity contribution < 1.29 is 19.5 Å². The zero-order valence-corrected chi connectivity index (χ0v) is 20.0. The molecule has 6 rings (SSSR count). The molecule has 8 heteroatoms. The van der Waals surface area contributed by atoms with Crippen LogP contribution in [0.1, 0.15) is 16.7 Å². The third-order valence-corrected chi connectivity index (χ3v) is 7.96. The fourth-order valence-electron chi connectivity index (χ4n) is 6.02. The number of hydrogen-bond acceptors (Lipinski definition) is 5. The third-order valence-electron chi connectivity index (χ3n) is 7.65. The Morgan fingerprint density at radius 1 is 0.889 bits per heavy atom. The lowest BCUT2D eigenvalue weighted by Crippen LogP contribution is -2.53. The first-order valence-corrected chi connectivity index (χ1v) is 12.3. The van der Waals surface area contributed by atoms with Gasteiger partial charge in [-0.2, -0.15) is 0 Å². The SMILES string of the molecule is O=C1[C@@H]2[C@@H](C(=O)N1CCc1ccccc1)[C@@]1(N[C@@H]2Cc2ccc(O)cc2)C(=O)Nc2c(Cl)cccc21. The highest BCUT2D eigenvalue weighted by atomic mass is 35.5. The summed E-state index contributed by atoms with van der Waals surface area (Å²) < 4.78 is 0. The number of carbonyl (C=O) groups excluding carboxylic acids is 3. The van der Waals surface area contributed by atoms with Crippen LogP contribution < -0.4 is 10.6 Å². The number of para-hydroxylation sites is 1. The van der Waals surface area contributed by atoms with Gasteiger partial charge in [-0.1, -0.05) is 66.2 Å². The van der Waals surface area contributed by atoms with E-state index in [1.54, 1.807) is 42.5 Å². The van der Waals surface area contributed by atoms with Gasteiger partial charge >= 0.3 is 0 Å². The van der Waals surface area contributed by atoms with E-state index in [1.165, 1.54) is 4.90 Å². The molecule has 1 spiro atoms. The zero-order chi connectivity index (χ0) is 25.0. The van der Waals surface area contributed by atoms with E-state index in [1.807, 2.05) is 30.3 Å². The molecular weight excluding hydrogens is 478 g/mol. The first kappa shape index (κ1) is 22.8. The summed E-state index contributed by atoms with van der Waals surface area (Å²) in [5, 5.41) is 16.3. The number of halogens is 1. The van der Waals surface area contributed by atoms with Crippen LogP contribution >= 0.6 is 11.6 Å². The van der Waals surface area contributed by atoms with E-state index in [9.17, 15) is 19.5 Å². The van der Waals surface area contributed by atoms with Crippen LogP contribution in [0.4, 0.5) is 5.69 Å². The van der Waals surface area contributed by atoms with Crippen LogP contribution in [-0.4, -0.2) is 40.3 Å². The second kappa shape index (κ2) is 8.47. The molecule has 3 heterocycles. The summed E-state index contributed by atoms with van der Waals surface area (Å²) in [5.41, 5.74) is 1.59. The summed E-state index contributed by atoms with van der Waals surface area (Å²) in [6.07, 6.45) is 0.952. The Bertz CT molecular complexity index is 1380. The fourth-order valence-corrected chi connectivity index (χ4v) is 6.24. The minimum absolute atomic E-state index is 0.144. The predicted octanol–water partition coefficient (Wildman–Crippen LogP) is 3.25. The van der Waals surface area contributed by atoms with E-state index in [2.05, 4.69) is 10.6 Å². The van der Waals surface area contributed by atoms with Crippen LogP contribution in [0.15, 0.2) is 72.8 Å². The molecule has 3 aliphatic heterocycles. The number of carbonyl (C=O) groups is 3. The fraction of sp³-hybridized carbons (Fsp3) is 0.250. The van der Waals surface area contributed by atoms with Crippen molar-refractivity contribution in [1.82, 2.24) is 10.2 Å². The Labute approximate surface area is 213 Å². The number of phenols is 1. The molecule has 0 unspecified atom stereocenters. The average molecular weight is 502 g/mol. The van der Waals surface area contributed by atoms with E-state index >= 15 is 0 Å². The molecule has 3 aromatic carbocycles. The summed E-state index contributed by atoms with van der Waals surface area (Å²) in [7, 11) is 0. The molecule has 2 saturated heterocycles. The van der Waals surface area contributed by atoms with Crippen molar-refractivity contribution in [2.75, 3.05) is 11.9 Å². The molecule has 0 aliphatic carbocycles. The Morgan fingerprint density at radius 3 is 2.39 bits per heavy atom. The van der Waals surface area contributed by atoms with Crippen molar-refractivity contribution in [2.24, 2.45) is 11.8 Å². The molecule has 0 radical (unpaired) electrons. The number of aromatic hydroxyl groups is 1. The van der Waals surface area contributed by atoms with E-state index in [4.69, 9.17) is 11.6 Å². The maximum Gasteiger partial charge on any atom is 0.250 e. The van der Waals surface area contributed by atoms with Crippen LogP contribution in [0.3, 0.4) is 0 Å². The highest BCUT2D eigenvalue weighted by Gasteiger charge is 2.70. The topological polar surface area (TPSA) is 98.7 Å². The van der Waals surface area contributed by atoms with Crippen molar-refractivity contribution in [3.8, 4) is 5.75 Å². The quantitative estimate of drug-likeness (QED) is 0.466. The minimum Gasteiger partial charge on any atom is -0.508 e. The summed E-state index contributed by atoms with van der Waals surface area (Å²) in [6, 6.07) is 21.2. The smallest absolute Gasteiger partial charge is 0.250 e. The number of imide groups is 1. The van der Waals surface area contributed by atoms with Crippen LogP contribution in [-0.2, 0) is 32.8 Å². The first-order chi connectivity index (χ1) is 17.4. The van der Waals surface area contributed by atoms with Gasteiger partial charge in [-0.25, -0.2) is 0 Å². The third kappa shape index (κ3) is 3.34. The molecule has 0 aromatic heterocycles. The molecule has 4 atom stereocenters. The number of rotatable bonds is 5. The standard InChI is InChI=1S/C28H24ClN3O4/c29-20-8-4-7-19-24(20)30-27(36)28(19)23-22(21(31-28)15-17-9-11-18(33)12-10-17)25(34)32(26(23)35)14-13-16-5-2-1-3-6-16/h1-12,21-23,31,33H,13-15H2,(H,30,36)/t21-,22+,23+,28-/m1/s1. The molecule has 3 N–H and O–H groups in total. The van der Waals surface area contributed by atoms with Crippen molar-refractivity contribution >= 4 is 35.0 Å². The molecule has 7 nitrogen and oxygen atoms in total. The van der Waals surface area contributed by atoms with Crippen LogP contribution in [0.2, 0.25) is 5.02 Å². The van der Waals surface area contributed by atoms with Gasteiger partial charge in [0.2, 0.25) is 17.7 Å². The van der Waals surface area contributed by atoms with E-state index < -0.39 is 23.4 Å². The average Bonchev–Trinajstić information content (AvgIpc) is 3.45. The van der Waals surface area contributed by atoms with E-state index in [0.717, 1.165) is 11.1 Å². The predicted molar refractivity (Wildman–Crippen MR) is 134 cm³/mol. The van der Waals surface area contributed by atoms with Gasteiger partial charge in [-0.15, -0.1) is 0 Å². The van der Waals surface area contributed by atoms with Gasteiger partial charge in [0.25, 0.3) is 0 Å².